The molecule has 3 rings (SSSR count). The van der Waals surface area contributed by atoms with Gasteiger partial charge < -0.3 is 10.2 Å². The molecule has 0 radical (unpaired) electrons. The molecule has 0 spiro atoms. The Morgan fingerprint density at radius 3 is 2.85 bits per heavy atom. The number of urea groups is 1. The molecule has 0 saturated heterocycles. The number of alkyl halides is 1. The summed E-state index contributed by atoms with van der Waals surface area (Å²) in [5, 5.41) is 2.89. The maximum absolute atomic E-state index is 11.6. The van der Waals surface area contributed by atoms with Crippen molar-refractivity contribution >= 4 is 39.0 Å². The van der Waals surface area contributed by atoms with Crippen LogP contribution in [0.25, 0.3) is 0 Å². The molecule has 1 N–H and O–H groups in total. The number of hydrogen-bond donors (Lipinski definition) is 1. The second-order valence-corrected chi connectivity index (χ2v) is 7.25. The molecule has 0 saturated carbocycles. The highest BCUT2D eigenvalue weighted by molar-refractivity contribution is 9.09. The molecule has 0 aliphatic carbocycles. The van der Waals surface area contributed by atoms with Crippen molar-refractivity contribution in [3.05, 3.63) is 51.2 Å². The van der Waals surface area contributed by atoms with Crippen molar-refractivity contribution in [3.8, 4) is 0 Å². The molecule has 20 heavy (non-hydrogen) atoms. The fourth-order valence-electron chi connectivity index (χ4n) is 2.32. The molecule has 1 unspecified atom stereocenters. The van der Waals surface area contributed by atoms with Crippen LogP contribution in [0.15, 0.2) is 30.3 Å². The molecule has 1 aliphatic heterocycles. The molecule has 0 fully saturated rings. The van der Waals surface area contributed by atoms with E-state index in [0.717, 1.165) is 11.3 Å². The van der Waals surface area contributed by atoms with Gasteiger partial charge in [0.05, 0.1) is 4.83 Å². The summed E-state index contributed by atoms with van der Waals surface area (Å²) in [5.41, 5.74) is 3.29. The zero-order chi connectivity index (χ0) is 14.3. The number of amides is 2. The normalized spacial score (nSPS) is 15.8. The largest absolute Gasteiger partial charge is 0.323 e. The minimum atomic E-state index is -0.0467. The van der Waals surface area contributed by atoms with Crippen molar-refractivity contribution < 1.29 is 4.79 Å². The van der Waals surface area contributed by atoms with E-state index in [9.17, 15) is 4.79 Å². The smallest absolute Gasteiger partial charge is 0.321 e. The molecule has 2 heterocycles. The van der Waals surface area contributed by atoms with Crippen LogP contribution in [0.4, 0.5) is 10.5 Å². The number of halogens is 1. The van der Waals surface area contributed by atoms with Gasteiger partial charge in [-0.2, -0.15) is 0 Å². The van der Waals surface area contributed by atoms with Gasteiger partial charge in [0.1, 0.15) is 0 Å². The van der Waals surface area contributed by atoms with Crippen LogP contribution in [0.3, 0.4) is 0 Å². The summed E-state index contributed by atoms with van der Waals surface area (Å²) >= 11 is 5.57. The van der Waals surface area contributed by atoms with Crippen LogP contribution >= 0.6 is 27.3 Å². The Morgan fingerprint density at radius 2 is 2.15 bits per heavy atom. The second kappa shape index (κ2) is 5.22. The number of fused-ring (bicyclic) bond motifs is 1. The van der Waals surface area contributed by atoms with E-state index in [1.807, 2.05) is 6.07 Å². The molecule has 2 amide bonds. The summed E-state index contributed by atoms with van der Waals surface area (Å²) in [7, 11) is 1.80. The number of nitrogens with zero attached hydrogens (tertiary/aromatic N) is 1. The Balaban J connectivity index is 1.92. The molecule has 1 aromatic heterocycles. The lowest BCUT2D eigenvalue weighted by atomic mass is 10.0. The van der Waals surface area contributed by atoms with Gasteiger partial charge in [-0.1, -0.05) is 28.1 Å². The van der Waals surface area contributed by atoms with Gasteiger partial charge in [0.2, 0.25) is 0 Å². The third-order valence-corrected chi connectivity index (χ3v) is 5.82. The van der Waals surface area contributed by atoms with Crippen LogP contribution in [-0.2, 0) is 6.54 Å². The van der Waals surface area contributed by atoms with Crippen molar-refractivity contribution in [1.82, 2.24) is 4.90 Å². The van der Waals surface area contributed by atoms with E-state index < -0.39 is 0 Å². The van der Waals surface area contributed by atoms with E-state index in [0.29, 0.717) is 6.54 Å². The minimum absolute atomic E-state index is 0.0467. The first-order valence-electron chi connectivity index (χ1n) is 6.40. The fourth-order valence-corrected chi connectivity index (χ4v) is 3.92. The van der Waals surface area contributed by atoms with Gasteiger partial charge in [-0.3, -0.25) is 0 Å². The zero-order valence-corrected chi connectivity index (χ0v) is 13.7. The van der Waals surface area contributed by atoms with Crippen LogP contribution in [0.2, 0.25) is 0 Å². The number of carbonyl (C=O) groups is 1. The molecule has 3 nitrogen and oxygen atoms in total. The highest BCUT2D eigenvalue weighted by atomic mass is 79.9. The van der Waals surface area contributed by atoms with Crippen molar-refractivity contribution in [2.75, 3.05) is 12.4 Å². The van der Waals surface area contributed by atoms with E-state index in [1.54, 1.807) is 23.3 Å². The van der Waals surface area contributed by atoms with Crippen LogP contribution < -0.4 is 5.32 Å². The van der Waals surface area contributed by atoms with Gasteiger partial charge in [0.25, 0.3) is 0 Å². The summed E-state index contributed by atoms with van der Waals surface area (Å²) in [6, 6.07) is 10.5. The summed E-state index contributed by atoms with van der Waals surface area (Å²) in [5.74, 6) is 0. The van der Waals surface area contributed by atoms with E-state index in [-0.39, 0.29) is 10.9 Å². The van der Waals surface area contributed by atoms with Crippen LogP contribution in [-0.4, -0.2) is 18.0 Å². The third kappa shape index (κ3) is 2.47. The Labute approximate surface area is 130 Å². The Morgan fingerprint density at radius 1 is 1.35 bits per heavy atom. The molecule has 1 aromatic carbocycles. The lowest BCUT2D eigenvalue weighted by Gasteiger charge is -2.26. The Bertz CT molecular complexity index is 668. The zero-order valence-electron chi connectivity index (χ0n) is 11.3. The van der Waals surface area contributed by atoms with Crippen molar-refractivity contribution in [3.63, 3.8) is 0 Å². The number of anilines is 1. The predicted octanol–water partition coefficient (Wildman–Crippen LogP) is 4.52. The summed E-state index contributed by atoms with van der Waals surface area (Å²) in [6.45, 7) is 2.77. The minimum Gasteiger partial charge on any atom is -0.323 e. The first-order valence-corrected chi connectivity index (χ1v) is 8.13. The van der Waals surface area contributed by atoms with Gasteiger partial charge in [-0.05, 0) is 36.2 Å². The summed E-state index contributed by atoms with van der Waals surface area (Å²) < 4.78 is 0. The van der Waals surface area contributed by atoms with Crippen LogP contribution in [0.5, 0.6) is 0 Å². The Kier molecular flexibility index (Phi) is 3.56. The average molecular weight is 351 g/mol. The highest BCUT2D eigenvalue weighted by Gasteiger charge is 2.21. The fraction of sp³-hybridized carbons (Fsp3) is 0.267. The number of hydrogen-bond acceptors (Lipinski definition) is 2. The summed E-state index contributed by atoms with van der Waals surface area (Å²) in [4.78, 5) is 16.1. The highest BCUT2D eigenvalue weighted by Crippen LogP contribution is 2.37. The molecular weight excluding hydrogens is 336 g/mol. The number of nitrogens with one attached hydrogen (secondary N) is 1. The van der Waals surface area contributed by atoms with E-state index in [2.05, 4.69) is 52.4 Å². The van der Waals surface area contributed by atoms with E-state index in [4.69, 9.17) is 0 Å². The molecule has 1 aliphatic rings. The first kappa shape index (κ1) is 13.6. The molecule has 1 atom stereocenters. The van der Waals surface area contributed by atoms with Gasteiger partial charge in [0.15, 0.2) is 0 Å². The van der Waals surface area contributed by atoms with Crippen molar-refractivity contribution in [2.24, 2.45) is 0 Å². The maximum atomic E-state index is 11.6. The molecule has 2 aromatic rings. The van der Waals surface area contributed by atoms with Gasteiger partial charge >= 0.3 is 6.03 Å². The number of carbonyl (C=O) groups excluding carboxylic acids is 1. The third-order valence-electron chi connectivity index (χ3n) is 3.43. The van der Waals surface area contributed by atoms with Gasteiger partial charge in [-0.15, -0.1) is 11.3 Å². The number of aryl methyl sites for hydroxylation is 1. The van der Waals surface area contributed by atoms with Gasteiger partial charge in [0, 0.05) is 29.0 Å². The maximum Gasteiger partial charge on any atom is 0.321 e. The molecule has 104 valence electrons. The van der Waals surface area contributed by atoms with Crippen LogP contribution in [0, 0.1) is 6.92 Å². The van der Waals surface area contributed by atoms with Crippen molar-refractivity contribution in [2.45, 2.75) is 18.3 Å². The van der Waals surface area contributed by atoms with Crippen molar-refractivity contribution in [1.29, 1.82) is 0 Å². The Hall–Kier alpha value is -1.33. The van der Waals surface area contributed by atoms with E-state index in [1.165, 1.54) is 15.3 Å². The molecule has 5 heteroatoms. The first-order chi connectivity index (χ1) is 9.54. The quantitative estimate of drug-likeness (QED) is 0.793. The number of benzene rings is 1. The summed E-state index contributed by atoms with van der Waals surface area (Å²) in [6.07, 6.45) is 0. The van der Waals surface area contributed by atoms with Gasteiger partial charge in [-0.25, -0.2) is 4.79 Å². The van der Waals surface area contributed by atoms with E-state index >= 15 is 0 Å². The number of thiophene rings is 1. The topological polar surface area (TPSA) is 32.3 Å². The lowest BCUT2D eigenvalue weighted by Crippen LogP contribution is -2.35. The second-order valence-electron chi connectivity index (χ2n) is 5.01. The predicted molar refractivity (Wildman–Crippen MR) is 86.8 cm³/mol. The van der Waals surface area contributed by atoms with Crippen LogP contribution in [0.1, 0.15) is 25.7 Å². The average Bonchev–Trinajstić information content (AvgIpc) is 2.85. The standard InChI is InChI=1S/C15H15BrN2OS/c1-9-3-6-13(20-9)14(16)10-4-5-12-11(7-10)8-18(2)15(19)17-12/h3-7,14H,8H2,1-2H3,(H,17,19). The lowest BCUT2D eigenvalue weighted by molar-refractivity contribution is 0.218. The molecule has 0 bridgehead atoms. The monoisotopic (exact) mass is 350 g/mol. The SMILES string of the molecule is Cc1ccc(C(Br)c2ccc3c(c2)CN(C)C(=O)N3)s1. The number of rotatable bonds is 2. The molecular formula is C15H15BrN2OS.